The molecule has 0 saturated carbocycles. The lowest BCUT2D eigenvalue weighted by Gasteiger charge is -2.19. The molecule has 1 N–H and O–H groups in total. The number of nitrogens with zero attached hydrogens (tertiary/aromatic N) is 1. The van der Waals surface area contributed by atoms with Crippen LogP contribution < -0.4 is 4.90 Å². The summed E-state index contributed by atoms with van der Waals surface area (Å²) in [5.41, 5.74) is 3.89. The van der Waals surface area contributed by atoms with Gasteiger partial charge in [0.15, 0.2) is 0 Å². The van der Waals surface area contributed by atoms with Crippen molar-refractivity contribution in [3.63, 3.8) is 0 Å². The van der Waals surface area contributed by atoms with Crippen LogP contribution in [-0.4, -0.2) is 25.2 Å². The van der Waals surface area contributed by atoms with Crippen LogP contribution in [0.1, 0.15) is 15.9 Å². The SMILES string of the molecule is Cc1c(-c2ccccc2)ccc(N(C)C)c1C(=O)O. The smallest absolute Gasteiger partial charge is 0.338 e. The first-order valence-electron chi connectivity index (χ1n) is 6.12. The Labute approximate surface area is 113 Å². The molecule has 19 heavy (non-hydrogen) atoms. The van der Waals surface area contributed by atoms with Gasteiger partial charge in [0.1, 0.15) is 0 Å². The van der Waals surface area contributed by atoms with Gasteiger partial charge in [-0.1, -0.05) is 36.4 Å². The molecule has 98 valence electrons. The number of benzene rings is 2. The molecule has 0 atom stereocenters. The largest absolute Gasteiger partial charge is 0.478 e. The second-order valence-electron chi connectivity index (χ2n) is 4.70. The Morgan fingerprint density at radius 1 is 1.05 bits per heavy atom. The predicted octanol–water partition coefficient (Wildman–Crippen LogP) is 3.43. The fraction of sp³-hybridized carbons (Fsp3) is 0.188. The maximum Gasteiger partial charge on any atom is 0.338 e. The third-order valence-electron chi connectivity index (χ3n) is 3.22. The van der Waals surface area contributed by atoms with Crippen LogP contribution in [0, 0.1) is 6.92 Å². The van der Waals surface area contributed by atoms with Gasteiger partial charge in [0.2, 0.25) is 0 Å². The molecule has 2 aromatic rings. The molecule has 0 aliphatic rings. The van der Waals surface area contributed by atoms with E-state index < -0.39 is 5.97 Å². The molecule has 0 amide bonds. The number of carboxylic acids is 1. The third-order valence-corrected chi connectivity index (χ3v) is 3.22. The van der Waals surface area contributed by atoms with Crippen LogP contribution in [0.5, 0.6) is 0 Å². The molecule has 0 spiro atoms. The summed E-state index contributed by atoms with van der Waals surface area (Å²) in [4.78, 5) is 13.3. The highest BCUT2D eigenvalue weighted by Gasteiger charge is 2.17. The highest BCUT2D eigenvalue weighted by atomic mass is 16.4. The van der Waals surface area contributed by atoms with Crippen molar-refractivity contribution in [2.24, 2.45) is 0 Å². The van der Waals surface area contributed by atoms with Crippen LogP contribution in [0.2, 0.25) is 0 Å². The van der Waals surface area contributed by atoms with Crippen molar-refractivity contribution in [2.45, 2.75) is 6.92 Å². The van der Waals surface area contributed by atoms with Gasteiger partial charge in [-0.25, -0.2) is 4.79 Å². The minimum atomic E-state index is -0.890. The summed E-state index contributed by atoms with van der Waals surface area (Å²) in [6.07, 6.45) is 0. The van der Waals surface area contributed by atoms with Crippen LogP contribution in [0.4, 0.5) is 5.69 Å². The van der Waals surface area contributed by atoms with E-state index in [9.17, 15) is 9.90 Å². The van der Waals surface area contributed by atoms with Crippen LogP contribution in [0.15, 0.2) is 42.5 Å². The first kappa shape index (κ1) is 13.1. The van der Waals surface area contributed by atoms with Gasteiger partial charge in [-0.05, 0) is 29.7 Å². The minimum Gasteiger partial charge on any atom is -0.478 e. The van der Waals surface area contributed by atoms with Crippen molar-refractivity contribution in [1.29, 1.82) is 0 Å². The van der Waals surface area contributed by atoms with Crippen molar-refractivity contribution in [3.05, 3.63) is 53.6 Å². The highest BCUT2D eigenvalue weighted by Crippen LogP contribution is 2.31. The molecule has 3 nitrogen and oxygen atoms in total. The van der Waals surface area contributed by atoms with Crippen LogP contribution >= 0.6 is 0 Å². The zero-order valence-electron chi connectivity index (χ0n) is 11.3. The first-order chi connectivity index (χ1) is 9.02. The second-order valence-corrected chi connectivity index (χ2v) is 4.70. The molecule has 0 unspecified atom stereocenters. The zero-order valence-corrected chi connectivity index (χ0v) is 11.3. The van der Waals surface area contributed by atoms with Crippen LogP contribution in [-0.2, 0) is 0 Å². The molecule has 0 aliphatic heterocycles. The first-order valence-corrected chi connectivity index (χ1v) is 6.12. The monoisotopic (exact) mass is 255 g/mol. The topological polar surface area (TPSA) is 40.5 Å². The van der Waals surface area contributed by atoms with E-state index in [4.69, 9.17) is 0 Å². The summed E-state index contributed by atoms with van der Waals surface area (Å²) in [6.45, 7) is 1.86. The van der Waals surface area contributed by atoms with Gasteiger partial charge in [0.25, 0.3) is 0 Å². The molecule has 0 aromatic heterocycles. The van der Waals surface area contributed by atoms with Crippen molar-refractivity contribution >= 4 is 11.7 Å². The number of rotatable bonds is 3. The van der Waals surface area contributed by atoms with Crippen molar-refractivity contribution in [3.8, 4) is 11.1 Å². The van der Waals surface area contributed by atoms with Crippen molar-refractivity contribution in [2.75, 3.05) is 19.0 Å². The number of carbonyl (C=O) groups is 1. The number of hydrogen-bond acceptors (Lipinski definition) is 2. The van der Waals surface area contributed by atoms with Crippen molar-refractivity contribution in [1.82, 2.24) is 0 Å². The van der Waals surface area contributed by atoms with Gasteiger partial charge in [-0.2, -0.15) is 0 Å². The Balaban J connectivity index is 2.67. The molecule has 3 heteroatoms. The minimum absolute atomic E-state index is 0.367. The fourth-order valence-electron chi connectivity index (χ4n) is 2.27. The number of carboxylic acid groups (broad SMARTS) is 1. The molecular weight excluding hydrogens is 238 g/mol. The zero-order chi connectivity index (χ0) is 14.0. The molecule has 0 fully saturated rings. The van der Waals surface area contributed by atoms with E-state index in [-0.39, 0.29) is 0 Å². The maximum absolute atomic E-state index is 11.5. The number of hydrogen-bond donors (Lipinski definition) is 1. The van der Waals surface area contributed by atoms with E-state index in [1.807, 2.05) is 68.4 Å². The van der Waals surface area contributed by atoms with Crippen LogP contribution in [0.3, 0.4) is 0 Å². The Morgan fingerprint density at radius 2 is 1.68 bits per heavy atom. The highest BCUT2D eigenvalue weighted by molar-refractivity contribution is 5.98. The van der Waals surface area contributed by atoms with E-state index >= 15 is 0 Å². The summed E-state index contributed by atoms with van der Waals surface area (Å²) < 4.78 is 0. The van der Waals surface area contributed by atoms with E-state index in [0.29, 0.717) is 5.56 Å². The molecule has 2 aromatic carbocycles. The molecule has 0 aliphatic carbocycles. The fourth-order valence-corrected chi connectivity index (χ4v) is 2.27. The Bertz CT molecular complexity index is 604. The van der Waals surface area contributed by atoms with Gasteiger partial charge in [-0.3, -0.25) is 0 Å². The molecule has 2 rings (SSSR count). The van der Waals surface area contributed by atoms with Crippen molar-refractivity contribution < 1.29 is 9.90 Å². The van der Waals surface area contributed by atoms with E-state index in [1.54, 1.807) is 0 Å². The Kier molecular flexibility index (Phi) is 3.56. The molecule has 0 saturated heterocycles. The molecule has 0 bridgehead atoms. The lowest BCUT2D eigenvalue weighted by Crippen LogP contribution is -2.15. The Morgan fingerprint density at radius 3 is 2.21 bits per heavy atom. The Hall–Kier alpha value is -2.29. The maximum atomic E-state index is 11.5. The number of anilines is 1. The van der Waals surface area contributed by atoms with Gasteiger partial charge in [0, 0.05) is 14.1 Å². The third kappa shape index (κ3) is 2.45. The summed E-state index contributed by atoms with van der Waals surface area (Å²) in [7, 11) is 3.70. The van der Waals surface area contributed by atoms with Gasteiger partial charge >= 0.3 is 5.97 Å². The van der Waals surface area contributed by atoms with Gasteiger partial charge in [0.05, 0.1) is 11.3 Å². The molecular formula is C16H17NO2. The summed E-state index contributed by atoms with van der Waals surface area (Å²) >= 11 is 0. The summed E-state index contributed by atoms with van der Waals surface area (Å²) in [5.74, 6) is -0.890. The molecule has 0 radical (unpaired) electrons. The van der Waals surface area contributed by atoms with E-state index in [2.05, 4.69) is 0 Å². The number of aromatic carboxylic acids is 1. The average Bonchev–Trinajstić information content (AvgIpc) is 2.38. The predicted molar refractivity (Wildman–Crippen MR) is 77.9 cm³/mol. The lowest BCUT2D eigenvalue weighted by atomic mass is 9.95. The summed E-state index contributed by atoms with van der Waals surface area (Å²) in [5, 5.41) is 9.44. The normalized spacial score (nSPS) is 10.3. The quantitative estimate of drug-likeness (QED) is 0.913. The lowest BCUT2D eigenvalue weighted by molar-refractivity contribution is 0.0697. The van der Waals surface area contributed by atoms with E-state index in [0.717, 1.165) is 22.4 Å². The standard InChI is InChI=1S/C16H17NO2/c1-11-13(12-7-5-4-6-8-12)9-10-14(17(2)3)15(11)16(18)19/h4-10H,1-3H3,(H,18,19). The van der Waals surface area contributed by atoms with Gasteiger partial charge < -0.3 is 10.0 Å². The average molecular weight is 255 g/mol. The van der Waals surface area contributed by atoms with E-state index in [1.165, 1.54) is 0 Å². The second kappa shape index (κ2) is 5.14. The summed E-state index contributed by atoms with van der Waals surface area (Å²) in [6, 6.07) is 13.7. The molecule has 0 heterocycles. The van der Waals surface area contributed by atoms with Gasteiger partial charge in [-0.15, -0.1) is 0 Å². The van der Waals surface area contributed by atoms with Crippen LogP contribution in [0.25, 0.3) is 11.1 Å².